The predicted octanol–water partition coefficient (Wildman–Crippen LogP) is 3.49. The van der Waals surface area contributed by atoms with Crippen LogP contribution in [-0.2, 0) is 6.18 Å². The molecule has 2 rings (SSSR count). The zero-order chi connectivity index (χ0) is 13.2. The van der Waals surface area contributed by atoms with Crippen LogP contribution < -0.4 is 10.1 Å². The van der Waals surface area contributed by atoms with Crippen LogP contribution in [0.2, 0.25) is 5.02 Å². The van der Waals surface area contributed by atoms with E-state index in [1.54, 1.807) is 0 Å². The number of ether oxygens (including phenoxy) is 1. The molecule has 0 radical (unpaired) electrons. The van der Waals surface area contributed by atoms with E-state index in [1.165, 1.54) is 6.07 Å². The molecule has 100 valence electrons. The van der Waals surface area contributed by atoms with Gasteiger partial charge in [-0.3, -0.25) is 0 Å². The van der Waals surface area contributed by atoms with Gasteiger partial charge in [-0.2, -0.15) is 13.2 Å². The van der Waals surface area contributed by atoms with E-state index in [-0.39, 0.29) is 16.9 Å². The van der Waals surface area contributed by atoms with Crippen molar-refractivity contribution >= 4 is 11.6 Å². The molecule has 1 saturated heterocycles. The second kappa shape index (κ2) is 5.36. The number of halogens is 4. The lowest BCUT2D eigenvalue weighted by Crippen LogP contribution is -2.34. The van der Waals surface area contributed by atoms with Gasteiger partial charge in [-0.25, -0.2) is 0 Å². The highest BCUT2D eigenvalue weighted by molar-refractivity contribution is 6.32. The topological polar surface area (TPSA) is 21.3 Å². The van der Waals surface area contributed by atoms with Crippen LogP contribution in [-0.4, -0.2) is 19.2 Å². The number of piperidine rings is 1. The van der Waals surface area contributed by atoms with Crippen LogP contribution >= 0.6 is 11.6 Å². The Kier molecular flexibility index (Phi) is 4.02. The maximum absolute atomic E-state index is 12.6. The molecule has 1 aliphatic rings. The molecule has 1 aromatic rings. The average molecular weight is 280 g/mol. The van der Waals surface area contributed by atoms with Gasteiger partial charge in [0, 0.05) is 0 Å². The van der Waals surface area contributed by atoms with Gasteiger partial charge in [-0.05, 0) is 44.1 Å². The summed E-state index contributed by atoms with van der Waals surface area (Å²) in [6.07, 6.45) is -2.91. The van der Waals surface area contributed by atoms with Gasteiger partial charge in [0.15, 0.2) is 0 Å². The van der Waals surface area contributed by atoms with E-state index in [9.17, 15) is 13.2 Å². The Balaban J connectivity index is 2.15. The zero-order valence-electron chi connectivity index (χ0n) is 9.56. The van der Waals surface area contributed by atoms with Crippen LogP contribution in [0.4, 0.5) is 13.2 Å². The molecule has 1 aliphatic heterocycles. The van der Waals surface area contributed by atoms with Gasteiger partial charge in [0.25, 0.3) is 0 Å². The van der Waals surface area contributed by atoms with Gasteiger partial charge in [-0.1, -0.05) is 11.6 Å². The van der Waals surface area contributed by atoms with E-state index in [0.29, 0.717) is 0 Å². The molecule has 6 heteroatoms. The first-order chi connectivity index (χ1) is 8.47. The summed E-state index contributed by atoms with van der Waals surface area (Å²) >= 11 is 5.86. The minimum absolute atomic E-state index is 0.0766. The maximum Gasteiger partial charge on any atom is 0.416 e. The second-order valence-electron chi connectivity index (χ2n) is 4.21. The molecule has 0 spiro atoms. The summed E-state index contributed by atoms with van der Waals surface area (Å²) in [5, 5.41) is 3.37. The lowest BCUT2D eigenvalue weighted by molar-refractivity contribution is -0.137. The lowest BCUT2D eigenvalue weighted by Gasteiger charge is -2.24. The van der Waals surface area contributed by atoms with Crippen LogP contribution in [0.3, 0.4) is 0 Å². The summed E-state index contributed by atoms with van der Waals surface area (Å²) in [6, 6.07) is 3.14. The Labute approximate surface area is 108 Å². The zero-order valence-corrected chi connectivity index (χ0v) is 10.3. The summed E-state index contributed by atoms with van der Waals surface area (Å²) in [5.41, 5.74) is -0.740. The van der Waals surface area contributed by atoms with E-state index >= 15 is 0 Å². The van der Waals surface area contributed by atoms with Gasteiger partial charge in [0.2, 0.25) is 0 Å². The van der Waals surface area contributed by atoms with E-state index in [2.05, 4.69) is 5.32 Å². The van der Waals surface area contributed by atoms with E-state index in [1.807, 2.05) is 0 Å². The Morgan fingerprint density at radius 1 is 1.22 bits per heavy atom. The highest BCUT2D eigenvalue weighted by Crippen LogP contribution is 2.35. The summed E-state index contributed by atoms with van der Waals surface area (Å²) in [4.78, 5) is 0. The normalized spacial score (nSPS) is 17.8. The third kappa shape index (κ3) is 3.29. The van der Waals surface area contributed by atoms with Gasteiger partial charge in [0.05, 0.1) is 10.6 Å². The van der Waals surface area contributed by atoms with Crippen molar-refractivity contribution in [2.24, 2.45) is 0 Å². The number of rotatable bonds is 2. The van der Waals surface area contributed by atoms with Crippen molar-refractivity contribution in [3.63, 3.8) is 0 Å². The number of hydrogen-bond donors (Lipinski definition) is 1. The Hall–Kier alpha value is -0.940. The van der Waals surface area contributed by atoms with Crippen molar-refractivity contribution in [2.45, 2.75) is 25.1 Å². The van der Waals surface area contributed by atoms with Crippen molar-refractivity contribution in [2.75, 3.05) is 13.1 Å². The molecule has 1 heterocycles. The van der Waals surface area contributed by atoms with Crippen molar-refractivity contribution < 1.29 is 17.9 Å². The van der Waals surface area contributed by atoms with Crippen molar-refractivity contribution in [3.05, 3.63) is 28.8 Å². The minimum atomic E-state index is -4.38. The third-order valence-corrected chi connectivity index (χ3v) is 3.15. The van der Waals surface area contributed by atoms with Gasteiger partial charge in [0.1, 0.15) is 11.9 Å². The summed E-state index contributed by atoms with van der Waals surface area (Å²) in [7, 11) is 0. The molecule has 0 saturated carbocycles. The van der Waals surface area contributed by atoms with Gasteiger partial charge < -0.3 is 10.1 Å². The first-order valence-corrected chi connectivity index (χ1v) is 6.09. The van der Waals surface area contributed by atoms with E-state index in [0.717, 1.165) is 38.1 Å². The standard InChI is InChI=1S/C12H13ClF3NO/c13-10-2-1-8(12(14,15)16)7-11(10)18-9-3-5-17-6-4-9/h1-2,7,9,17H,3-6H2. The number of nitrogens with one attached hydrogen (secondary N) is 1. The molecule has 2 nitrogen and oxygen atoms in total. The van der Waals surface area contributed by atoms with Gasteiger partial charge in [-0.15, -0.1) is 0 Å². The molecule has 1 fully saturated rings. The highest BCUT2D eigenvalue weighted by atomic mass is 35.5. The van der Waals surface area contributed by atoms with Gasteiger partial charge >= 0.3 is 6.18 Å². The first kappa shape index (κ1) is 13.5. The quantitative estimate of drug-likeness (QED) is 0.895. The molecule has 0 atom stereocenters. The summed E-state index contributed by atoms with van der Waals surface area (Å²) < 4.78 is 43.3. The molecule has 1 N–H and O–H groups in total. The third-order valence-electron chi connectivity index (χ3n) is 2.84. The monoisotopic (exact) mass is 279 g/mol. The summed E-state index contributed by atoms with van der Waals surface area (Å²) in [6.45, 7) is 1.61. The first-order valence-electron chi connectivity index (χ1n) is 5.71. The van der Waals surface area contributed by atoms with Crippen LogP contribution in [0.15, 0.2) is 18.2 Å². The Bertz CT molecular complexity index is 416. The maximum atomic E-state index is 12.6. The molecule has 0 unspecified atom stereocenters. The Morgan fingerprint density at radius 2 is 1.89 bits per heavy atom. The van der Waals surface area contributed by atoms with Crippen molar-refractivity contribution in [1.82, 2.24) is 5.32 Å². The lowest BCUT2D eigenvalue weighted by atomic mass is 10.1. The number of benzene rings is 1. The second-order valence-corrected chi connectivity index (χ2v) is 4.62. The fourth-order valence-corrected chi connectivity index (χ4v) is 2.02. The SMILES string of the molecule is FC(F)(F)c1ccc(Cl)c(OC2CCNCC2)c1. The number of alkyl halides is 3. The van der Waals surface area contributed by atoms with Crippen LogP contribution in [0.25, 0.3) is 0 Å². The fourth-order valence-electron chi connectivity index (χ4n) is 1.86. The minimum Gasteiger partial charge on any atom is -0.489 e. The van der Waals surface area contributed by atoms with Crippen LogP contribution in [0.1, 0.15) is 18.4 Å². The van der Waals surface area contributed by atoms with E-state index in [4.69, 9.17) is 16.3 Å². The van der Waals surface area contributed by atoms with Crippen molar-refractivity contribution in [3.8, 4) is 5.75 Å². The average Bonchev–Trinajstić information content (AvgIpc) is 2.32. The Morgan fingerprint density at radius 3 is 2.50 bits per heavy atom. The molecule has 0 aliphatic carbocycles. The van der Waals surface area contributed by atoms with E-state index < -0.39 is 11.7 Å². The van der Waals surface area contributed by atoms with Crippen LogP contribution in [0.5, 0.6) is 5.75 Å². The van der Waals surface area contributed by atoms with Crippen molar-refractivity contribution in [1.29, 1.82) is 0 Å². The molecule has 1 aromatic carbocycles. The molecule has 0 aromatic heterocycles. The smallest absolute Gasteiger partial charge is 0.416 e. The predicted molar refractivity (Wildman–Crippen MR) is 63.0 cm³/mol. The molecule has 0 amide bonds. The molecular weight excluding hydrogens is 267 g/mol. The number of hydrogen-bond acceptors (Lipinski definition) is 2. The largest absolute Gasteiger partial charge is 0.489 e. The molecule has 0 bridgehead atoms. The molecular formula is C12H13ClF3NO. The van der Waals surface area contributed by atoms with Crippen LogP contribution in [0, 0.1) is 0 Å². The fraction of sp³-hybridized carbons (Fsp3) is 0.500. The molecule has 18 heavy (non-hydrogen) atoms. The highest BCUT2D eigenvalue weighted by Gasteiger charge is 2.31. The summed E-state index contributed by atoms with van der Waals surface area (Å²) in [5.74, 6) is 0.110.